The van der Waals surface area contributed by atoms with Crippen molar-refractivity contribution in [3.63, 3.8) is 0 Å². The van der Waals surface area contributed by atoms with E-state index in [0.717, 1.165) is 40.5 Å². The van der Waals surface area contributed by atoms with Gasteiger partial charge in [-0.1, -0.05) is 18.2 Å². The Labute approximate surface area is 232 Å². The van der Waals surface area contributed by atoms with Crippen LogP contribution in [0.15, 0.2) is 42.6 Å². The standard InChI is InChI=1S/C26H28N4O4S2.H2S/c1-16(2)34-23-11-8-17(12-18(23)13-27)26-28-14-24(35-26)21-7-5-6-20-19(21)9-10-22(20)29-30(3)36-33-15-25(31)32-4;/h5-8,11-12,14,16,22,29H,9-10,15H2,1-4H3;1H2. The van der Waals surface area contributed by atoms with Gasteiger partial charge in [0.05, 0.1) is 35.9 Å². The van der Waals surface area contributed by atoms with E-state index in [1.54, 1.807) is 15.8 Å². The Morgan fingerprint density at radius 3 is 2.89 bits per heavy atom. The number of fused-ring (bicyclic) bond motifs is 1. The smallest absolute Gasteiger partial charge is 0.333 e. The van der Waals surface area contributed by atoms with E-state index < -0.39 is 5.97 Å². The van der Waals surface area contributed by atoms with Crippen molar-refractivity contribution in [2.45, 2.75) is 38.8 Å². The molecular formula is C26H30N4O4S3. The molecule has 8 nitrogen and oxygen atoms in total. The highest BCUT2D eigenvalue weighted by molar-refractivity contribution is 7.92. The second-order valence-corrected chi connectivity index (χ2v) is 10.5. The molecule has 0 amide bonds. The van der Waals surface area contributed by atoms with Crippen LogP contribution in [-0.2, 0) is 20.1 Å². The van der Waals surface area contributed by atoms with E-state index >= 15 is 0 Å². The molecule has 1 aliphatic carbocycles. The molecule has 3 aromatic rings. The van der Waals surface area contributed by atoms with E-state index in [-0.39, 0.29) is 32.2 Å². The molecule has 37 heavy (non-hydrogen) atoms. The zero-order valence-corrected chi connectivity index (χ0v) is 23.7. The summed E-state index contributed by atoms with van der Waals surface area (Å²) in [6.07, 6.45) is 3.79. The quantitative estimate of drug-likeness (QED) is 0.151. The fraction of sp³-hybridized carbons (Fsp3) is 0.346. The van der Waals surface area contributed by atoms with Gasteiger partial charge in [-0.05, 0) is 61.6 Å². The van der Waals surface area contributed by atoms with Gasteiger partial charge in [0, 0.05) is 24.8 Å². The molecule has 0 fully saturated rings. The summed E-state index contributed by atoms with van der Waals surface area (Å²) in [7, 11) is 3.19. The summed E-state index contributed by atoms with van der Waals surface area (Å²) < 4.78 is 17.4. The summed E-state index contributed by atoms with van der Waals surface area (Å²) in [5.74, 6) is 0.172. The molecule has 0 bridgehead atoms. The maximum atomic E-state index is 11.2. The Balaban J connectivity index is 0.00000380. The predicted octanol–water partition coefficient (Wildman–Crippen LogP) is 5.43. The largest absolute Gasteiger partial charge is 0.490 e. The SMILES string of the molecule is COC(=O)COSN(C)NC1CCc2c(-c3cnc(-c4ccc(OC(C)C)c(C#N)c4)s3)cccc21.S. The number of thiazole rings is 1. The van der Waals surface area contributed by atoms with Gasteiger partial charge < -0.3 is 9.47 Å². The van der Waals surface area contributed by atoms with Gasteiger partial charge in [0.1, 0.15) is 16.8 Å². The molecule has 1 aromatic heterocycles. The average molecular weight is 559 g/mol. The number of nitrogens with zero attached hydrogens (tertiary/aromatic N) is 3. The molecule has 0 saturated carbocycles. The van der Waals surface area contributed by atoms with E-state index in [1.807, 2.05) is 45.3 Å². The number of methoxy groups -OCH3 is 1. The highest BCUT2D eigenvalue weighted by Crippen LogP contribution is 2.41. The van der Waals surface area contributed by atoms with Gasteiger partial charge in [0.25, 0.3) is 0 Å². The van der Waals surface area contributed by atoms with Gasteiger partial charge in [-0.25, -0.2) is 15.2 Å². The minimum absolute atomic E-state index is 0. The van der Waals surface area contributed by atoms with Crippen LogP contribution in [0.25, 0.3) is 21.0 Å². The number of hydrogen-bond acceptors (Lipinski definition) is 10. The van der Waals surface area contributed by atoms with Crippen LogP contribution < -0.4 is 10.2 Å². The van der Waals surface area contributed by atoms with Crippen molar-refractivity contribution in [2.24, 2.45) is 0 Å². The Hall–Kier alpha value is -2.59. The number of esters is 1. The van der Waals surface area contributed by atoms with Crippen LogP contribution in [0, 0.1) is 11.3 Å². The highest BCUT2D eigenvalue weighted by Gasteiger charge is 2.26. The number of aromatic nitrogens is 1. The van der Waals surface area contributed by atoms with Gasteiger partial charge >= 0.3 is 5.97 Å². The molecule has 1 heterocycles. The number of hydrogen-bond donors (Lipinski definition) is 1. The number of ether oxygens (including phenoxy) is 2. The first-order chi connectivity index (χ1) is 17.4. The van der Waals surface area contributed by atoms with Gasteiger partial charge in [0.15, 0.2) is 6.61 Å². The Kier molecular flexibility index (Phi) is 10.4. The Morgan fingerprint density at radius 2 is 2.16 bits per heavy atom. The van der Waals surface area contributed by atoms with E-state index in [1.165, 1.54) is 23.8 Å². The monoisotopic (exact) mass is 558 g/mol. The summed E-state index contributed by atoms with van der Waals surface area (Å²) in [6, 6.07) is 14.4. The molecule has 1 aliphatic rings. The number of nitrogens with one attached hydrogen (secondary N) is 1. The lowest BCUT2D eigenvalue weighted by atomic mass is 10.0. The van der Waals surface area contributed by atoms with Crippen molar-refractivity contribution in [1.82, 2.24) is 14.8 Å². The van der Waals surface area contributed by atoms with Crippen molar-refractivity contribution in [3.8, 4) is 32.8 Å². The molecule has 0 spiro atoms. The molecule has 196 valence electrons. The summed E-state index contributed by atoms with van der Waals surface area (Å²) in [4.78, 5) is 17.0. The summed E-state index contributed by atoms with van der Waals surface area (Å²) in [5.41, 5.74) is 8.56. The third-order valence-electron chi connectivity index (χ3n) is 5.66. The number of hydrazine groups is 1. The number of nitriles is 1. The molecule has 0 radical (unpaired) electrons. The first-order valence-electron chi connectivity index (χ1n) is 11.5. The summed E-state index contributed by atoms with van der Waals surface area (Å²) >= 11 is 2.69. The van der Waals surface area contributed by atoms with Crippen molar-refractivity contribution >= 4 is 43.0 Å². The maximum absolute atomic E-state index is 11.2. The molecule has 4 rings (SSSR count). The van der Waals surface area contributed by atoms with Crippen LogP contribution >= 0.6 is 37.1 Å². The van der Waals surface area contributed by atoms with Crippen LogP contribution in [0.2, 0.25) is 0 Å². The van der Waals surface area contributed by atoms with E-state index in [4.69, 9.17) is 8.92 Å². The topological polar surface area (TPSA) is 96.7 Å². The van der Waals surface area contributed by atoms with E-state index in [2.05, 4.69) is 39.4 Å². The molecule has 1 unspecified atom stereocenters. The molecule has 0 saturated heterocycles. The van der Waals surface area contributed by atoms with Crippen LogP contribution in [0.1, 0.15) is 43.0 Å². The van der Waals surface area contributed by atoms with Gasteiger partial charge in [0.2, 0.25) is 0 Å². The van der Waals surface area contributed by atoms with Crippen LogP contribution in [-0.4, -0.2) is 42.2 Å². The Morgan fingerprint density at radius 1 is 1.35 bits per heavy atom. The van der Waals surface area contributed by atoms with Crippen LogP contribution in [0.3, 0.4) is 0 Å². The van der Waals surface area contributed by atoms with Crippen molar-refractivity contribution in [1.29, 1.82) is 5.26 Å². The lowest BCUT2D eigenvalue weighted by molar-refractivity contribution is -0.142. The maximum Gasteiger partial charge on any atom is 0.333 e. The minimum Gasteiger partial charge on any atom is -0.490 e. The first kappa shape index (κ1) is 29.0. The third kappa shape index (κ3) is 7.04. The van der Waals surface area contributed by atoms with E-state index in [0.29, 0.717) is 11.3 Å². The Bertz CT molecular complexity index is 1270. The van der Waals surface area contributed by atoms with Crippen molar-refractivity contribution < 1.29 is 18.5 Å². The lowest BCUT2D eigenvalue weighted by Gasteiger charge is -2.21. The second-order valence-electron chi connectivity index (χ2n) is 8.52. The van der Waals surface area contributed by atoms with Gasteiger partial charge in [-0.3, -0.25) is 4.18 Å². The molecule has 1 atom stereocenters. The molecule has 0 aliphatic heterocycles. The number of carbonyl (C=O) groups is 1. The fourth-order valence-corrected chi connectivity index (χ4v) is 5.55. The third-order valence-corrected chi connectivity index (χ3v) is 7.29. The first-order valence-corrected chi connectivity index (χ1v) is 13.1. The lowest BCUT2D eigenvalue weighted by Crippen LogP contribution is -2.32. The van der Waals surface area contributed by atoms with Crippen LogP contribution in [0.4, 0.5) is 0 Å². The fourth-order valence-electron chi connectivity index (χ4n) is 4.11. The zero-order chi connectivity index (χ0) is 25.7. The molecule has 1 N–H and O–H groups in total. The van der Waals surface area contributed by atoms with Gasteiger partial charge in [-0.15, -0.1) is 11.3 Å². The second kappa shape index (κ2) is 13.3. The zero-order valence-electron chi connectivity index (χ0n) is 21.1. The predicted molar refractivity (Wildman–Crippen MR) is 151 cm³/mol. The van der Waals surface area contributed by atoms with Crippen molar-refractivity contribution in [2.75, 3.05) is 20.8 Å². The van der Waals surface area contributed by atoms with Gasteiger partial charge in [-0.2, -0.15) is 23.2 Å². The molecule has 11 heteroatoms. The number of carbonyl (C=O) groups excluding carboxylic acids is 1. The highest BCUT2D eigenvalue weighted by atomic mass is 32.2. The normalized spacial score (nSPS) is 14.2. The molecule has 2 aromatic carbocycles. The summed E-state index contributed by atoms with van der Waals surface area (Å²) in [6.45, 7) is 3.77. The van der Waals surface area contributed by atoms with E-state index in [9.17, 15) is 10.1 Å². The number of benzene rings is 2. The minimum atomic E-state index is -0.417. The average Bonchev–Trinajstić information content (AvgIpc) is 3.51. The summed E-state index contributed by atoms with van der Waals surface area (Å²) in [5, 5.41) is 10.4. The van der Waals surface area contributed by atoms with Crippen LogP contribution in [0.5, 0.6) is 5.75 Å². The van der Waals surface area contributed by atoms with Crippen molar-refractivity contribution in [3.05, 3.63) is 59.3 Å². The molecular weight excluding hydrogens is 529 g/mol. The number of rotatable bonds is 10.